The minimum Gasteiger partial charge on any atom is -0.458 e. The van der Waals surface area contributed by atoms with Gasteiger partial charge in [-0.2, -0.15) is 0 Å². The Morgan fingerprint density at radius 2 is 1.75 bits per heavy atom. The van der Waals surface area contributed by atoms with Crippen molar-refractivity contribution in [2.45, 2.75) is 72.1 Å². The molecule has 0 aliphatic carbocycles. The first-order valence-corrected chi connectivity index (χ1v) is 8.05. The summed E-state index contributed by atoms with van der Waals surface area (Å²) < 4.78 is 10.3. The Morgan fingerprint density at radius 3 is 2.21 bits per heavy atom. The average Bonchev–Trinajstić information content (AvgIpc) is 2.40. The van der Waals surface area contributed by atoms with Crippen LogP contribution in [0.4, 0.5) is 4.79 Å². The molecule has 0 aliphatic heterocycles. The van der Waals surface area contributed by atoms with Gasteiger partial charge in [0.2, 0.25) is 5.91 Å². The smallest absolute Gasteiger partial charge is 0.408 e. The lowest BCUT2D eigenvalue weighted by Gasteiger charge is -2.25. The fourth-order valence-electron chi connectivity index (χ4n) is 1.70. The number of ether oxygens (including phenoxy) is 2. The van der Waals surface area contributed by atoms with Crippen molar-refractivity contribution in [2.75, 3.05) is 13.7 Å². The normalized spacial score (nSPS) is 12.5. The van der Waals surface area contributed by atoms with E-state index in [9.17, 15) is 14.4 Å². The number of nitrogens with one attached hydrogen (secondary N) is 1. The first-order chi connectivity index (χ1) is 11.0. The number of nitrogens with zero attached hydrogens (tertiary/aromatic N) is 1. The van der Waals surface area contributed by atoms with Crippen LogP contribution in [0, 0.1) is 0 Å². The molecule has 2 amide bonds. The topological polar surface area (TPSA) is 94.2 Å². The van der Waals surface area contributed by atoms with Gasteiger partial charge in [0.15, 0.2) is 0 Å². The number of carbonyl (C=O) groups excluding carboxylic acids is 3. The molecule has 0 aromatic rings. The lowest BCUT2D eigenvalue weighted by molar-refractivity contribution is -0.177. The van der Waals surface area contributed by atoms with Crippen LogP contribution in [0.15, 0.2) is 0 Å². The summed E-state index contributed by atoms with van der Waals surface area (Å²) in [6.07, 6.45) is -0.956. The summed E-state index contributed by atoms with van der Waals surface area (Å²) in [6.45, 7) is 10.7. The van der Waals surface area contributed by atoms with Gasteiger partial charge in [0.1, 0.15) is 11.6 Å². The van der Waals surface area contributed by atoms with Gasteiger partial charge in [-0.1, -0.05) is 0 Å². The van der Waals surface area contributed by atoms with Crippen molar-refractivity contribution in [3.63, 3.8) is 0 Å². The maximum atomic E-state index is 12.2. The van der Waals surface area contributed by atoms with E-state index in [4.69, 9.17) is 14.3 Å². The van der Waals surface area contributed by atoms with E-state index in [-0.39, 0.29) is 24.9 Å². The Labute approximate surface area is 143 Å². The van der Waals surface area contributed by atoms with Gasteiger partial charge in [0.25, 0.3) is 0 Å². The minimum absolute atomic E-state index is 0.0162. The molecule has 0 saturated carbocycles. The van der Waals surface area contributed by atoms with Crippen LogP contribution < -0.4 is 5.32 Å². The van der Waals surface area contributed by atoms with Crippen molar-refractivity contribution in [1.82, 2.24) is 10.4 Å². The molecule has 0 aromatic carbocycles. The molecular weight excluding hydrogens is 316 g/mol. The van der Waals surface area contributed by atoms with Gasteiger partial charge in [0, 0.05) is 13.5 Å². The van der Waals surface area contributed by atoms with E-state index < -0.39 is 23.7 Å². The van der Waals surface area contributed by atoms with Crippen molar-refractivity contribution in [3.05, 3.63) is 0 Å². The fraction of sp³-hybridized carbons (Fsp3) is 0.812. The number of esters is 1. The van der Waals surface area contributed by atoms with Crippen molar-refractivity contribution in [1.29, 1.82) is 0 Å². The molecule has 0 radical (unpaired) electrons. The van der Waals surface area contributed by atoms with Crippen LogP contribution in [-0.2, 0) is 23.9 Å². The van der Waals surface area contributed by atoms with Crippen LogP contribution in [-0.4, -0.2) is 54.4 Å². The maximum Gasteiger partial charge on any atom is 0.408 e. The highest BCUT2D eigenvalue weighted by Crippen LogP contribution is 2.12. The standard InChI is InChI=1S/C16H30N2O6/c1-8-22-18(7)13(19)10-9-12(14(20)24-16(4,5)6)17-15(21)23-11(2)3/h11-12H,8-10H2,1-7H3,(H,17,21). The molecule has 0 fully saturated rings. The first kappa shape index (κ1) is 22.2. The summed E-state index contributed by atoms with van der Waals surface area (Å²) >= 11 is 0. The SMILES string of the molecule is CCON(C)C(=O)CCC(NC(=O)OC(C)C)C(=O)OC(C)(C)C. The molecule has 0 rings (SSSR count). The number of hydrogen-bond acceptors (Lipinski definition) is 6. The lowest BCUT2D eigenvalue weighted by Crippen LogP contribution is -2.45. The number of alkyl carbamates (subject to hydrolysis) is 1. The van der Waals surface area contributed by atoms with E-state index in [1.807, 2.05) is 0 Å². The molecule has 0 saturated heterocycles. The molecule has 1 unspecified atom stereocenters. The predicted octanol–water partition coefficient (Wildman–Crippen LogP) is 2.02. The fourth-order valence-corrected chi connectivity index (χ4v) is 1.70. The zero-order valence-electron chi connectivity index (χ0n) is 15.7. The largest absolute Gasteiger partial charge is 0.458 e. The van der Waals surface area contributed by atoms with Crippen molar-refractivity contribution in [3.8, 4) is 0 Å². The Hall–Kier alpha value is -1.83. The molecule has 1 N–H and O–H groups in total. The minimum atomic E-state index is -0.977. The van der Waals surface area contributed by atoms with Crippen molar-refractivity contribution >= 4 is 18.0 Å². The molecule has 0 spiro atoms. The zero-order chi connectivity index (χ0) is 18.9. The number of hydrogen-bond donors (Lipinski definition) is 1. The van der Waals surface area contributed by atoms with Crippen LogP contribution in [0.25, 0.3) is 0 Å². The zero-order valence-corrected chi connectivity index (χ0v) is 15.7. The Bertz CT molecular complexity index is 431. The average molecular weight is 346 g/mol. The monoisotopic (exact) mass is 346 g/mol. The van der Waals surface area contributed by atoms with Crippen LogP contribution >= 0.6 is 0 Å². The lowest BCUT2D eigenvalue weighted by atomic mass is 10.1. The molecule has 8 heteroatoms. The molecular formula is C16H30N2O6. The summed E-state index contributed by atoms with van der Waals surface area (Å²) in [5.41, 5.74) is -0.703. The van der Waals surface area contributed by atoms with Gasteiger partial charge >= 0.3 is 12.1 Å². The molecule has 8 nitrogen and oxygen atoms in total. The first-order valence-electron chi connectivity index (χ1n) is 8.05. The van der Waals surface area contributed by atoms with E-state index in [0.29, 0.717) is 6.61 Å². The number of rotatable bonds is 8. The Balaban J connectivity index is 4.82. The molecule has 0 heterocycles. The molecule has 24 heavy (non-hydrogen) atoms. The summed E-state index contributed by atoms with van der Waals surface area (Å²) in [7, 11) is 1.49. The van der Waals surface area contributed by atoms with Gasteiger partial charge in [-0.25, -0.2) is 14.7 Å². The van der Waals surface area contributed by atoms with Crippen LogP contribution in [0.5, 0.6) is 0 Å². The van der Waals surface area contributed by atoms with E-state index >= 15 is 0 Å². The van der Waals surface area contributed by atoms with Crippen molar-refractivity contribution < 1.29 is 28.7 Å². The van der Waals surface area contributed by atoms with Crippen LogP contribution in [0.1, 0.15) is 54.4 Å². The second kappa shape index (κ2) is 10.1. The number of carbonyl (C=O) groups is 3. The van der Waals surface area contributed by atoms with Gasteiger partial charge in [-0.3, -0.25) is 9.63 Å². The molecule has 140 valence electrons. The van der Waals surface area contributed by atoms with E-state index in [1.165, 1.54) is 7.05 Å². The maximum absolute atomic E-state index is 12.2. The van der Waals surface area contributed by atoms with Crippen LogP contribution in [0.3, 0.4) is 0 Å². The summed E-state index contributed by atoms with van der Waals surface area (Å²) in [6, 6.07) is -0.977. The van der Waals surface area contributed by atoms with Crippen LogP contribution in [0.2, 0.25) is 0 Å². The second-order valence-corrected chi connectivity index (χ2v) is 6.53. The molecule has 0 aliphatic rings. The second-order valence-electron chi connectivity index (χ2n) is 6.53. The quantitative estimate of drug-likeness (QED) is 0.534. The highest BCUT2D eigenvalue weighted by Gasteiger charge is 2.28. The van der Waals surface area contributed by atoms with E-state index in [0.717, 1.165) is 5.06 Å². The summed E-state index contributed by atoms with van der Waals surface area (Å²) in [5, 5.41) is 3.56. The predicted molar refractivity (Wildman–Crippen MR) is 88.0 cm³/mol. The van der Waals surface area contributed by atoms with Crippen molar-refractivity contribution in [2.24, 2.45) is 0 Å². The molecule has 1 atom stereocenters. The van der Waals surface area contributed by atoms with Gasteiger partial charge in [0.05, 0.1) is 12.7 Å². The Morgan fingerprint density at radius 1 is 1.17 bits per heavy atom. The highest BCUT2D eigenvalue weighted by atomic mass is 16.7. The summed E-state index contributed by atoms with van der Waals surface area (Å²) in [4.78, 5) is 41.0. The van der Waals surface area contributed by atoms with Gasteiger partial charge < -0.3 is 14.8 Å². The third-order valence-electron chi connectivity index (χ3n) is 2.65. The van der Waals surface area contributed by atoms with Gasteiger partial charge in [-0.05, 0) is 48.0 Å². The van der Waals surface area contributed by atoms with Gasteiger partial charge in [-0.15, -0.1) is 0 Å². The third kappa shape index (κ3) is 10.0. The third-order valence-corrected chi connectivity index (χ3v) is 2.65. The molecule has 0 aromatic heterocycles. The Kier molecular flexibility index (Phi) is 9.35. The van der Waals surface area contributed by atoms with E-state index in [2.05, 4.69) is 5.32 Å². The number of hydroxylamine groups is 2. The summed E-state index contributed by atoms with van der Waals surface area (Å²) in [5.74, 6) is -0.917. The highest BCUT2D eigenvalue weighted by molar-refractivity contribution is 5.83. The number of amides is 2. The van der Waals surface area contributed by atoms with E-state index in [1.54, 1.807) is 41.5 Å². The molecule has 0 bridgehead atoms.